The van der Waals surface area contributed by atoms with Crippen LogP contribution >= 0.6 is 12.2 Å². The van der Waals surface area contributed by atoms with E-state index >= 15 is 0 Å². The van der Waals surface area contributed by atoms with Gasteiger partial charge >= 0.3 is 0 Å². The second-order valence-corrected chi connectivity index (χ2v) is 5.59. The molecule has 0 unspecified atom stereocenters. The van der Waals surface area contributed by atoms with Crippen LogP contribution in [0.25, 0.3) is 10.9 Å². The molecule has 0 amide bonds. The lowest BCUT2D eigenvalue weighted by atomic mass is 10.2. The Balaban J connectivity index is 1.60. The molecule has 2 aromatic carbocycles. The highest BCUT2D eigenvalue weighted by Gasteiger charge is 2.00. The Morgan fingerprint density at radius 2 is 1.88 bits per heavy atom. The third kappa shape index (κ3) is 4.05. The van der Waals surface area contributed by atoms with Crippen molar-refractivity contribution in [2.45, 2.75) is 6.54 Å². The molecular formula is C18H16N4OS. The summed E-state index contributed by atoms with van der Waals surface area (Å²) in [6.45, 7) is 0.610. The van der Waals surface area contributed by atoms with Crippen molar-refractivity contribution in [2.24, 2.45) is 5.10 Å². The Labute approximate surface area is 144 Å². The molecule has 24 heavy (non-hydrogen) atoms. The average molecular weight is 336 g/mol. The second-order valence-electron chi connectivity index (χ2n) is 5.18. The van der Waals surface area contributed by atoms with E-state index in [1.807, 2.05) is 54.6 Å². The van der Waals surface area contributed by atoms with Crippen LogP contribution in [0.1, 0.15) is 11.1 Å². The fourth-order valence-corrected chi connectivity index (χ4v) is 2.36. The van der Waals surface area contributed by atoms with Crippen LogP contribution in [0.15, 0.2) is 70.6 Å². The number of thiocarbonyl (C=S) groups is 1. The van der Waals surface area contributed by atoms with Gasteiger partial charge in [-0.3, -0.25) is 10.2 Å². The molecule has 6 heteroatoms. The molecule has 0 aliphatic heterocycles. The van der Waals surface area contributed by atoms with Crippen molar-refractivity contribution in [3.05, 3.63) is 82.1 Å². The largest absolute Gasteiger partial charge is 0.357 e. The van der Waals surface area contributed by atoms with Crippen LogP contribution in [0, 0.1) is 0 Å². The lowest BCUT2D eigenvalue weighted by Crippen LogP contribution is -2.31. The van der Waals surface area contributed by atoms with Gasteiger partial charge in [-0.15, -0.1) is 0 Å². The Hall–Kier alpha value is -2.99. The van der Waals surface area contributed by atoms with Gasteiger partial charge < -0.3 is 10.3 Å². The SMILES string of the molecule is O=c1[nH]c2ccccc2cc1/C=N/NC(=S)NCc1ccccc1. The molecule has 0 atom stereocenters. The first-order chi connectivity index (χ1) is 11.7. The van der Waals surface area contributed by atoms with Crippen LogP contribution in [0.3, 0.4) is 0 Å². The van der Waals surface area contributed by atoms with Crippen molar-refractivity contribution in [1.29, 1.82) is 0 Å². The standard InChI is InChI=1S/C18H16N4OS/c23-17-15(10-14-8-4-5-9-16(14)21-17)12-20-22-18(24)19-11-13-6-2-1-3-7-13/h1-10,12H,11H2,(H,21,23)(H2,19,22,24)/b20-12+. The molecule has 1 aromatic heterocycles. The number of nitrogens with one attached hydrogen (secondary N) is 3. The van der Waals surface area contributed by atoms with Gasteiger partial charge in [-0.2, -0.15) is 5.10 Å². The minimum atomic E-state index is -0.192. The van der Waals surface area contributed by atoms with Crippen molar-refractivity contribution in [2.75, 3.05) is 0 Å². The quantitative estimate of drug-likeness (QED) is 0.389. The van der Waals surface area contributed by atoms with Gasteiger partial charge in [0.1, 0.15) is 0 Å². The van der Waals surface area contributed by atoms with Crippen molar-refractivity contribution in [3.8, 4) is 0 Å². The van der Waals surface area contributed by atoms with Gasteiger partial charge in [0, 0.05) is 12.1 Å². The van der Waals surface area contributed by atoms with E-state index in [2.05, 4.69) is 20.8 Å². The summed E-state index contributed by atoms with van der Waals surface area (Å²) in [5.41, 5.74) is 4.91. The molecule has 0 radical (unpaired) electrons. The molecule has 1 heterocycles. The van der Waals surface area contributed by atoms with Gasteiger partial charge in [-0.1, -0.05) is 48.5 Å². The molecule has 0 saturated carbocycles. The Morgan fingerprint density at radius 1 is 1.12 bits per heavy atom. The summed E-state index contributed by atoms with van der Waals surface area (Å²) < 4.78 is 0. The molecule has 120 valence electrons. The summed E-state index contributed by atoms with van der Waals surface area (Å²) in [4.78, 5) is 14.8. The first-order valence-electron chi connectivity index (χ1n) is 7.45. The zero-order chi connectivity index (χ0) is 16.8. The van der Waals surface area contributed by atoms with Crippen LogP contribution in [0.2, 0.25) is 0 Å². The number of nitrogens with zero attached hydrogens (tertiary/aromatic N) is 1. The predicted molar refractivity (Wildman–Crippen MR) is 101 cm³/mol. The van der Waals surface area contributed by atoms with E-state index in [1.54, 1.807) is 6.07 Å². The summed E-state index contributed by atoms with van der Waals surface area (Å²) >= 11 is 5.16. The molecule has 0 aliphatic carbocycles. The number of aromatic nitrogens is 1. The average Bonchev–Trinajstić information content (AvgIpc) is 2.61. The van der Waals surface area contributed by atoms with Gasteiger partial charge in [0.05, 0.1) is 11.8 Å². The van der Waals surface area contributed by atoms with Crippen LogP contribution < -0.4 is 16.3 Å². The number of hydrogen-bond acceptors (Lipinski definition) is 3. The van der Waals surface area contributed by atoms with Crippen LogP contribution in [-0.4, -0.2) is 16.3 Å². The fourth-order valence-electron chi connectivity index (χ4n) is 2.24. The van der Waals surface area contributed by atoms with Crippen molar-refractivity contribution < 1.29 is 0 Å². The Bertz CT molecular complexity index is 934. The van der Waals surface area contributed by atoms with E-state index in [0.29, 0.717) is 17.2 Å². The van der Waals surface area contributed by atoms with E-state index in [1.165, 1.54) is 6.21 Å². The number of para-hydroxylation sites is 1. The number of H-pyrrole nitrogens is 1. The highest BCUT2D eigenvalue weighted by Crippen LogP contribution is 2.08. The van der Waals surface area contributed by atoms with Crippen LogP contribution in [0.4, 0.5) is 0 Å². The number of pyridine rings is 1. The van der Waals surface area contributed by atoms with E-state index in [4.69, 9.17) is 12.2 Å². The number of fused-ring (bicyclic) bond motifs is 1. The smallest absolute Gasteiger partial charge is 0.257 e. The fraction of sp³-hybridized carbons (Fsp3) is 0.0556. The van der Waals surface area contributed by atoms with Gasteiger partial charge in [0.2, 0.25) is 0 Å². The van der Waals surface area contributed by atoms with Gasteiger partial charge in [-0.25, -0.2) is 0 Å². The zero-order valence-corrected chi connectivity index (χ0v) is 13.6. The summed E-state index contributed by atoms with van der Waals surface area (Å²) in [5.74, 6) is 0. The molecule has 0 aliphatic rings. The lowest BCUT2D eigenvalue weighted by Gasteiger charge is -2.06. The summed E-state index contributed by atoms with van der Waals surface area (Å²) in [5, 5.41) is 8.42. The zero-order valence-electron chi connectivity index (χ0n) is 12.8. The molecule has 3 aromatic rings. The van der Waals surface area contributed by atoms with Crippen LogP contribution in [-0.2, 0) is 6.54 Å². The minimum Gasteiger partial charge on any atom is -0.357 e. The maximum Gasteiger partial charge on any atom is 0.257 e. The summed E-state index contributed by atoms with van der Waals surface area (Å²) in [6.07, 6.45) is 1.46. The number of hydrazone groups is 1. The lowest BCUT2D eigenvalue weighted by molar-refractivity contribution is 0.869. The normalized spacial score (nSPS) is 10.8. The minimum absolute atomic E-state index is 0.192. The third-order valence-corrected chi connectivity index (χ3v) is 3.68. The molecule has 0 saturated heterocycles. The van der Waals surface area contributed by atoms with E-state index in [9.17, 15) is 4.79 Å². The highest BCUT2D eigenvalue weighted by atomic mass is 32.1. The van der Waals surface area contributed by atoms with Gasteiger partial charge in [-0.05, 0) is 35.3 Å². The Kier molecular flexibility index (Phi) is 4.98. The molecule has 3 N–H and O–H groups in total. The Morgan fingerprint density at radius 3 is 2.71 bits per heavy atom. The summed E-state index contributed by atoms with van der Waals surface area (Å²) in [7, 11) is 0. The maximum atomic E-state index is 12.0. The van der Waals surface area contributed by atoms with Crippen LogP contribution in [0.5, 0.6) is 0 Å². The molecule has 0 fully saturated rings. The van der Waals surface area contributed by atoms with E-state index < -0.39 is 0 Å². The van der Waals surface area contributed by atoms with E-state index in [-0.39, 0.29) is 5.56 Å². The molecule has 0 spiro atoms. The number of rotatable bonds is 4. The monoisotopic (exact) mass is 336 g/mol. The number of hydrogen-bond donors (Lipinski definition) is 3. The highest BCUT2D eigenvalue weighted by molar-refractivity contribution is 7.80. The first kappa shape index (κ1) is 15.9. The van der Waals surface area contributed by atoms with Crippen molar-refractivity contribution >= 4 is 34.4 Å². The molecule has 0 bridgehead atoms. The number of benzene rings is 2. The molecule has 3 rings (SSSR count). The molecule has 5 nitrogen and oxygen atoms in total. The number of aromatic amines is 1. The third-order valence-electron chi connectivity index (χ3n) is 3.45. The topological polar surface area (TPSA) is 69.3 Å². The maximum absolute atomic E-state index is 12.0. The van der Waals surface area contributed by atoms with Gasteiger partial charge in [0.15, 0.2) is 5.11 Å². The first-order valence-corrected chi connectivity index (χ1v) is 7.86. The second kappa shape index (κ2) is 7.52. The predicted octanol–water partition coefficient (Wildman–Crippen LogP) is 2.53. The summed E-state index contributed by atoms with van der Waals surface area (Å²) in [6, 6.07) is 19.3. The van der Waals surface area contributed by atoms with E-state index in [0.717, 1.165) is 16.5 Å². The van der Waals surface area contributed by atoms with Crippen molar-refractivity contribution in [3.63, 3.8) is 0 Å². The van der Waals surface area contributed by atoms with Crippen molar-refractivity contribution in [1.82, 2.24) is 15.7 Å². The van der Waals surface area contributed by atoms with Gasteiger partial charge in [0.25, 0.3) is 5.56 Å². The molecular weight excluding hydrogens is 320 g/mol.